The zero-order valence-electron chi connectivity index (χ0n) is 20.1. The number of piperazine rings is 1. The van der Waals surface area contributed by atoms with E-state index in [9.17, 15) is 9.59 Å². The smallest absolute Gasteiger partial charge is 0.251 e. The number of halogens is 1. The zero-order valence-corrected chi connectivity index (χ0v) is 20.8. The summed E-state index contributed by atoms with van der Waals surface area (Å²) in [6.45, 7) is 7.12. The number of amides is 2. The number of hydrogen-bond donors (Lipinski definition) is 2. The SMILES string of the molecule is CC[C@H](C)[C@H](NC(=O)c1ccc(Cl)cc1)C(=O)N1CCN(Cc2nc(N)c3ccccc3n2)CC1. The fourth-order valence-corrected chi connectivity index (χ4v) is 4.38. The molecule has 2 atom stereocenters. The van der Waals surface area contributed by atoms with Crippen LogP contribution < -0.4 is 11.1 Å². The molecule has 1 aliphatic heterocycles. The number of aromatic nitrogens is 2. The van der Waals surface area contributed by atoms with Gasteiger partial charge < -0.3 is 16.0 Å². The molecule has 8 nitrogen and oxygen atoms in total. The Morgan fingerprint density at radius 3 is 2.43 bits per heavy atom. The van der Waals surface area contributed by atoms with E-state index in [0.29, 0.717) is 55.0 Å². The first-order valence-corrected chi connectivity index (χ1v) is 12.3. The van der Waals surface area contributed by atoms with Gasteiger partial charge in [0.05, 0.1) is 12.1 Å². The van der Waals surface area contributed by atoms with E-state index in [1.807, 2.05) is 43.0 Å². The van der Waals surface area contributed by atoms with Gasteiger partial charge in [0, 0.05) is 42.2 Å². The minimum absolute atomic E-state index is 0.00533. The summed E-state index contributed by atoms with van der Waals surface area (Å²) in [6, 6.07) is 13.8. The molecule has 1 fully saturated rings. The number of anilines is 1. The van der Waals surface area contributed by atoms with Crippen molar-refractivity contribution in [3.05, 3.63) is 64.9 Å². The highest BCUT2D eigenvalue weighted by Crippen LogP contribution is 2.19. The lowest BCUT2D eigenvalue weighted by Crippen LogP contribution is -2.56. The molecule has 0 aliphatic carbocycles. The zero-order chi connectivity index (χ0) is 24.9. The molecule has 184 valence electrons. The number of fused-ring (bicyclic) bond motifs is 1. The minimum atomic E-state index is -0.585. The van der Waals surface area contributed by atoms with E-state index < -0.39 is 6.04 Å². The predicted molar refractivity (Wildman–Crippen MR) is 138 cm³/mol. The standard InChI is InChI=1S/C26H31ClN6O2/c1-3-17(2)23(31-25(34)18-8-10-19(27)11-9-18)26(35)33-14-12-32(13-15-33)16-22-29-21-7-5-4-6-20(21)24(28)30-22/h4-11,17,23H,3,12-16H2,1-2H3,(H,31,34)(H2,28,29,30)/t17-,23-/m0/s1. The Balaban J connectivity index is 1.38. The molecule has 4 rings (SSSR count). The number of rotatable bonds is 7. The summed E-state index contributed by atoms with van der Waals surface area (Å²) in [6.07, 6.45) is 0.776. The third-order valence-corrected chi connectivity index (χ3v) is 6.85. The van der Waals surface area contributed by atoms with Crippen LogP contribution in [-0.4, -0.2) is 63.8 Å². The number of benzene rings is 2. The van der Waals surface area contributed by atoms with Crippen molar-refractivity contribution in [1.29, 1.82) is 0 Å². The number of hydrogen-bond acceptors (Lipinski definition) is 6. The van der Waals surface area contributed by atoms with Crippen molar-refractivity contribution < 1.29 is 9.59 Å². The van der Waals surface area contributed by atoms with Crippen molar-refractivity contribution >= 4 is 40.1 Å². The van der Waals surface area contributed by atoms with Crippen LogP contribution in [0.1, 0.15) is 36.5 Å². The quantitative estimate of drug-likeness (QED) is 0.522. The number of nitrogens with two attached hydrogens (primary N) is 1. The molecule has 0 saturated carbocycles. The second kappa shape index (κ2) is 11.0. The highest BCUT2D eigenvalue weighted by atomic mass is 35.5. The molecule has 2 aromatic carbocycles. The van der Waals surface area contributed by atoms with E-state index in [1.165, 1.54) is 0 Å². The van der Waals surface area contributed by atoms with Crippen LogP contribution in [0.15, 0.2) is 48.5 Å². The minimum Gasteiger partial charge on any atom is -0.383 e. The Morgan fingerprint density at radius 2 is 1.74 bits per heavy atom. The highest BCUT2D eigenvalue weighted by Gasteiger charge is 2.32. The number of carbonyl (C=O) groups excluding carboxylic acids is 2. The van der Waals surface area contributed by atoms with Crippen LogP contribution in [0, 0.1) is 5.92 Å². The summed E-state index contributed by atoms with van der Waals surface area (Å²) in [7, 11) is 0. The third kappa shape index (κ3) is 5.89. The first-order chi connectivity index (χ1) is 16.9. The van der Waals surface area contributed by atoms with E-state index in [1.54, 1.807) is 24.3 Å². The van der Waals surface area contributed by atoms with Gasteiger partial charge in [-0.2, -0.15) is 0 Å². The van der Waals surface area contributed by atoms with Crippen LogP contribution >= 0.6 is 11.6 Å². The molecule has 2 amide bonds. The molecule has 0 unspecified atom stereocenters. The lowest BCUT2D eigenvalue weighted by atomic mass is 9.97. The Labute approximate surface area is 210 Å². The normalized spacial score (nSPS) is 16.1. The van der Waals surface area contributed by atoms with Crippen LogP contribution in [0.4, 0.5) is 5.82 Å². The number of nitrogen functional groups attached to an aromatic ring is 1. The van der Waals surface area contributed by atoms with Gasteiger partial charge in [0.2, 0.25) is 5.91 Å². The van der Waals surface area contributed by atoms with Gasteiger partial charge in [-0.25, -0.2) is 9.97 Å². The number of carbonyl (C=O) groups is 2. The van der Waals surface area contributed by atoms with Crippen molar-refractivity contribution in [2.45, 2.75) is 32.9 Å². The van der Waals surface area contributed by atoms with Crippen molar-refractivity contribution in [2.75, 3.05) is 31.9 Å². The van der Waals surface area contributed by atoms with E-state index in [-0.39, 0.29) is 17.7 Å². The van der Waals surface area contributed by atoms with Crippen LogP contribution in [0.3, 0.4) is 0 Å². The first kappa shape index (κ1) is 24.9. The van der Waals surface area contributed by atoms with Crippen LogP contribution in [0.25, 0.3) is 10.9 Å². The largest absolute Gasteiger partial charge is 0.383 e. The molecular weight excluding hydrogens is 464 g/mol. The first-order valence-electron chi connectivity index (χ1n) is 11.9. The van der Waals surface area contributed by atoms with Gasteiger partial charge in [-0.1, -0.05) is 44.0 Å². The monoisotopic (exact) mass is 494 g/mol. The van der Waals surface area contributed by atoms with Crippen molar-refractivity contribution in [3.8, 4) is 0 Å². The topological polar surface area (TPSA) is 104 Å². The second-order valence-electron chi connectivity index (χ2n) is 8.99. The summed E-state index contributed by atoms with van der Waals surface area (Å²) < 4.78 is 0. The Bertz CT molecular complexity index is 1190. The van der Waals surface area contributed by atoms with Crippen molar-refractivity contribution in [2.24, 2.45) is 5.92 Å². The van der Waals surface area contributed by atoms with Crippen molar-refractivity contribution in [3.63, 3.8) is 0 Å². The van der Waals surface area contributed by atoms with Gasteiger partial charge >= 0.3 is 0 Å². The van der Waals surface area contributed by atoms with E-state index in [2.05, 4.69) is 20.2 Å². The molecule has 35 heavy (non-hydrogen) atoms. The fraction of sp³-hybridized carbons (Fsp3) is 0.385. The number of nitrogens with zero attached hydrogens (tertiary/aromatic N) is 4. The molecule has 3 aromatic rings. The van der Waals surface area contributed by atoms with Crippen LogP contribution in [0.5, 0.6) is 0 Å². The van der Waals surface area contributed by atoms with Crippen LogP contribution in [-0.2, 0) is 11.3 Å². The summed E-state index contributed by atoms with van der Waals surface area (Å²) in [5.74, 6) is 0.837. The molecule has 1 saturated heterocycles. The second-order valence-corrected chi connectivity index (χ2v) is 9.42. The molecular formula is C26H31ClN6O2. The average Bonchev–Trinajstić information content (AvgIpc) is 2.87. The van der Waals surface area contributed by atoms with Gasteiger partial charge in [-0.3, -0.25) is 14.5 Å². The molecule has 0 spiro atoms. The van der Waals surface area contributed by atoms with E-state index in [0.717, 1.165) is 17.3 Å². The highest BCUT2D eigenvalue weighted by molar-refractivity contribution is 6.30. The number of para-hydroxylation sites is 1. The lowest BCUT2D eigenvalue weighted by Gasteiger charge is -2.37. The fourth-order valence-electron chi connectivity index (χ4n) is 4.25. The van der Waals surface area contributed by atoms with Gasteiger partial charge in [0.15, 0.2) is 0 Å². The Hall–Kier alpha value is -3.23. The third-order valence-electron chi connectivity index (χ3n) is 6.60. The molecule has 9 heteroatoms. The summed E-state index contributed by atoms with van der Waals surface area (Å²) in [4.78, 5) is 39.4. The Kier molecular flexibility index (Phi) is 7.83. The van der Waals surface area contributed by atoms with Crippen LogP contribution in [0.2, 0.25) is 5.02 Å². The average molecular weight is 495 g/mol. The van der Waals surface area contributed by atoms with Gasteiger partial charge in [0.1, 0.15) is 17.7 Å². The summed E-state index contributed by atoms with van der Waals surface area (Å²) >= 11 is 5.93. The maximum absolute atomic E-state index is 13.4. The molecule has 3 N–H and O–H groups in total. The van der Waals surface area contributed by atoms with E-state index in [4.69, 9.17) is 17.3 Å². The predicted octanol–water partition coefficient (Wildman–Crippen LogP) is 3.35. The molecule has 2 heterocycles. The maximum atomic E-state index is 13.4. The maximum Gasteiger partial charge on any atom is 0.251 e. The van der Waals surface area contributed by atoms with Crippen molar-refractivity contribution in [1.82, 2.24) is 25.1 Å². The summed E-state index contributed by atoms with van der Waals surface area (Å²) in [5, 5.41) is 4.37. The van der Waals surface area contributed by atoms with E-state index >= 15 is 0 Å². The number of nitrogens with one attached hydrogen (secondary N) is 1. The molecule has 0 bridgehead atoms. The molecule has 1 aliphatic rings. The summed E-state index contributed by atoms with van der Waals surface area (Å²) in [5.41, 5.74) is 7.44. The van der Waals surface area contributed by atoms with Gasteiger partial charge in [-0.15, -0.1) is 0 Å². The van der Waals surface area contributed by atoms with Gasteiger partial charge in [0.25, 0.3) is 5.91 Å². The van der Waals surface area contributed by atoms with Gasteiger partial charge in [-0.05, 0) is 42.3 Å². The Morgan fingerprint density at radius 1 is 1.06 bits per heavy atom. The molecule has 1 aromatic heterocycles. The molecule has 0 radical (unpaired) electrons. The lowest BCUT2D eigenvalue weighted by molar-refractivity contribution is -0.136.